The van der Waals surface area contributed by atoms with E-state index in [-0.39, 0.29) is 29.7 Å². The van der Waals surface area contributed by atoms with Gasteiger partial charge in [0.1, 0.15) is 23.0 Å². The van der Waals surface area contributed by atoms with Crippen molar-refractivity contribution in [1.82, 2.24) is 9.62 Å². The van der Waals surface area contributed by atoms with E-state index >= 15 is 0 Å². The molecule has 3 aliphatic rings. The topological polar surface area (TPSA) is 88.1 Å². The van der Waals surface area contributed by atoms with Gasteiger partial charge in [-0.05, 0) is 49.9 Å². The maximum Gasteiger partial charge on any atom is 0.328 e. The highest BCUT2D eigenvalue weighted by atomic mass is 32.3. The largest absolute Gasteiger partial charge is 0.593 e. The van der Waals surface area contributed by atoms with Crippen LogP contribution in [0.2, 0.25) is 0 Å². The van der Waals surface area contributed by atoms with Crippen molar-refractivity contribution in [2.45, 2.75) is 61.4 Å². The third kappa shape index (κ3) is 4.50. The number of halogens is 2. The van der Waals surface area contributed by atoms with Crippen molar-refractivity contribution in [3.63, 3.8) is 0 Å². The summed E-state index contributed by atoms with van der Waals surface area (Å²) in [5, 5.41) is 2.83. The van der Waals surface area contributed by atoms with Crippen molar-refractivity contribution in [2.75, 3.05) is 18.0 Å². The first kappa shape index (κ1) is 24.0. The number of aliphatic imine (C=N–C) groups is 1. The van der Waals surface area contributed by atoms with Crippen molar-refractivity contribution < 1.29 is 22.3 Å². The molecule has 2 heterocycles. The highest BCUT2D eigenvalue weighted by Gasteiger charge is 2.56. The number of nitrogens with zero attached hydrogens (tertiary/aromatic N) is 3. The number of benzene rings is 2. The molecule has 2 saturated heterocycles. The molecule has 3 fully saturated rings. The molecule has 186 valence electrons. The molecule has 0 radical (unpaired) electrons. The average Bonchev–Trinajstić information content (AvgIpc) is 3.09. The van der Waals surface area contributed by atoms with Gasteiger partial charge in [0.2, 0.25) is 0 Å². The van der Waals surface area contributed by atoms with Crippen LogP contribution in [0.25, 0.3) is 0 Å². The number of anilines is 1. The van der Waals surface area contributed by atoms with Gasteiger partial charge in [-0.25, -0.2) is 13.6 Å². The maximum absolute atomic E-state index is 14.2. The monoisotopic (exact) mass is 502 g/mol. The summed E-state index contributed by atoms with van der Waals surface area (Å²) in [5.74, 6) is -1.25. The molecular formula is C25H28F2N4O3S. The Hall–Kier alpha value is -2.69. The minimum absolute atomic E-state index is 0.0150. The van der Waals surface area contributed by atoms with Gasteiger partial charge in [0.05, 0.1) is 18.3 Å². The number of hydrogen-bond donors (Lipinski definition) is 1. The van der Waals surface area contributed by atoms with E-state index in [9.17, 15) is 22.3 Å². The number of carbonyl (C=O) groups is 1. The Morgan fingerprint density at radius 3 is 2.40 bits per heavy atom. The average molecular weight is 503 g/mol. The Bertz CT molecular complexity index is 1170. The fraction of sp³-hybridized carbons (Fsp3) is 0.440. The minimum Gasteiger partial charge on any atom is -0.593 e. The summed E-state index contributed by atoms with van der Waals surface area (Å²) >= 11 is 0. The van der Waals surface area contributed by atoms with Gasteiger partial charge in [-0.2, -0.15) is 0 Å². The molecule has 35 heavy (non-hydrogen) atoms. The van der Waals surface area contributed by atoms with E-state index in [0.29, 0.717) is 18.7 Å². The number of urea groups is 1. The first-order chi connectivity index (χ1) is 16.8. The molecule has 10 heteroatoms. The van der Waals surface area contributed by atoms with Crippen LogP contribution in [-0.4, -0.2) is 45.4 Å². The van der Waals surface area contributed by atoms with E-state index in [0.717, 1.165) is 50.3 Å². The predicted octanol–water partition coefficient (Wildman–Crippen LogP) is 4.66. The number of amidine groups is 1. The molecule has 1 N–H and O–H groups in total. The molecule has 2 atom stereocenters. The lowest BCUT2D eigenvalue weighted by molar-refractivity contribution is 0.236. The van der Waals surface area contributed by atoms with E-state index in [1.54, 1.807) is 18.2 Å². The van der Waals surface area contributed by atoms with Crippen LogP contribution in [0.4, 0.5) is 19.3 Å². The number of hydrogen-bond acceptors (Lipinski definition) is 4. The van der Waals surface area contributed by atoms with Crippen LogP contribution < -0.4 is 10.2 Å². The van der Waals surface area contributed by atoms with Crippen molar-refractivity contribution in [3.05, 3.63) is 60.2 Å². The molecule has 1 aliphatic carbocycles. The summed E-state index contributed by atoms with van der Waals surface area (Å²) in [7, 11) is -3.86. The Morgan fingerprint density at radius 2 is 1.71 bits per heavy atom. The van der Waals surface area contributed by atoms with Crippen LogP contribution in [0.1, 0.15) is 44.9 Å². The van der Waals surface area contributed by atoms with Gasteiger partial charge in [0.15, 0.2) is 15.3 Å². The normalized spacial score (nSPS) is 26.8. The molecule has 7 nitrogen and oxygen atoms in total. The van der Waals surface area contributed by atoms with E-state index in [2.05, 4.69) is 5.32 Å². The smallest absolute Gasteiger partial charge is 0.328 e. The minimum atomic E-state index is -3.86. The molecule has 1 saturated carbocycles. The fourth-order valence-electron chi connectivity index (χ4n) is 5.47. The number of rotatable bonds is 4. The lowest BCUT2D eigenvalue weighted by atomic mass is 9.87. The number of amides is 2. The molecule has 2 aliphatic heterocycles. The number of sulfonamides is 1. The lowest BCUT2D eigenvalue weighted by Gasteiger charge is -2.44. The highest BCUT2D eigenvalue weighted by molar-refractivity contribution is 7.95. The summed E-state index contributed by atoms with van der Waals surface area (Å²) in [6.07, 6.45) is 5.85. The quantitative estimate of drug-likeness (QED) is 0.617. The molecule has 0 aromatic heterocycles. The maximum atomic E-state index is 14.2. The molecule has 2 unspecified atom stereocenters. The molecule has 2 aromatic carbocycles. The predicted molar refractivity (Wildman–Crippen MR) is 129 cm³/mol. The van der Waals surface area contributed by atoms with Gasteiger partial charge in [0, 0.05) is 12.6 Å². The zero-order valence-corrected chi connectivity index (χ0v) is 20.1. The second-order valence-electron chi connectivity index (χ2n) is 9.45. The molecule has 1 spiro atoms. The molecular weight excluding hydrogens is 474 g/mol. The van der Waals surface area contributed by atoms with Gasteiger partial charge < -0.3 is 4.55 Å². The van der Waals surface area contributed by atoms with Crippen molar-refractivity contribution in [1.29, 1.82) is 0 Å². The Kier molecular flexibility index (Phi) is 6.45. The number of carbonyl (C=O) groups excluding carboxylic acids is 1. The summed E-state index contributed by atoms with van der Waals surface area (Å²) in [6, 6.07) is 10.5. The van der Waals surface area contributed by atoms with Crippen LogP contribution in [0.5, 0.6) is 0 Å². The van der Waals surface area contributed by atoms with Crippen LogP contribution in [0, 0.1) is 11.6 Å². The summed E-state index contributed by atoms with van der Waals surface area (Å²) < 4.78 is 56.7. The second-order valence-corrected chi connectivity index (χ2v) is 11.4. The summed E-state index contributed by atoms with van der Waals surface area (Å²) in [4.78, 5) is 19.6. The van der Waals surface area contributed by atoms with Crippen LogP contribution in [0.3, 0.4) is 0 Å². The van der Waals surface area contributed by atoms with Crippen molar-refractivity contribution >= 4 is 28.0 Å². The molecule has 2 amide bonds. The number of piperidine rings is 1. The highest BCUT2D eigenvalue weighted by Crippen LogP contribution is 2.40. The van der Waals surface area contributed by atoms with E-state index < -0.39 is 33.6 Å². The van der Waals surface area contributed by atoms with Crippen LogP contribution in [0.15, 0.2) is 58.4 Å². The second kappa shape index (κ2) is 9.40. The standard InChI is InChI=1S/C25H28F2N4O3S/c26-18-14-19(27)16-21(15-18)31-24(32)29-23(28-20-8-3-1-4-9-20)25(31)12-7-13-30(17-25)35(33,34)22-10-5-2-6-11-22/h2,5-6,10-11,14-16,20H,1,3-4,7-9,12-13,17H2,(H-,28,29,32,33,34). The van der Waals surface area contributed by atoms with Crippen molar-refractivity contribution in [3.8, 4) is 0 Å². The molecule has 5 rings (SSSR count). The third-order valence-corrected chi connectivity index (χ3v) is 8.97. The first-order valence-corrected chi connectivity index (χ1v) is 13.4. The van der Waals surface area contributed by atoms with Crippen molar-refractivity contribution in [2.24, 2.45) is 4.99 Å². The van der Waals surface area contributed by atoms with Gasteiger partial charge in [-0.1, -0.05) is 41.7 Å². The Labute approximate surface area is 204 Å². The summed E-state index contributed by atoms with van der Waals surface area (Å²) in [6.45, 7) is 0.210. The Morgan fingerprint density at radius 1 is 1.03 bits per heavy atom. The van der Waals surface area contributed by atoms with Gasteiger partial charge in [0.25, 0.3) is 0 Å². The fourth-order valence-corrected chi connectivity index (χ4v) is 7.02. The molecule has 2 aromatic rings. The van der Waals surface area contributed by atoms with Gasteiger partial charge in [-0.15, -0.1) is 4.31 Å². The summed E-state index contributed by atoms with van der Waals surface area (Å²) in [5.41, 5.74) is -1.15. The van der Waals surface area contributed by atoms with E-state index in [4.69, 9.17) is 4.99 Å². The lowest BCUT2D eigenvalue weighted by Crippen LogP contribution is -2.62. The van der Waals surface area contributed by atoms with Gasteiger partial charge >= 0.3 is 6.03 Å². The molecule has 0 bridgehead atoms. The van der Waals surface area contributed by atoms with Crippen LogP contribution >= 0.6 is 0 Å². The zero-order valence-electron chi connectivity index (χ0n) is 19.3. The Balaban J connectivity index is 1.59. The first-order valence-electron chi connectivity index (χ1n) is 12.0. The zero-order chi connectivity index (χ0) is 24.6. The van der Waals surface area contributed by atoms with E-state index in [1.807, 2.05) is 0 Å². The van der Waals surface area contributed by atoms with Gasteiger partial charge in [-0.3, -0.25) is 15.2 Å². The third-order valence-electron chi connectivity index (χ3n) is 7.11. The SMILES string of the molecule is O=C1NC(=NC2CCCCC2)C2(CCCN([S+](=O)([O-])c3ccccc3)C2)N1c1cc(F)cc(F)c1. The number of nitrogens with one attached hydrogen (secondary N) is 1. The van der Waals surface area contributed by atoms with Crippen LogP contribution in [-0.2, 0) is 14.6 Å². The van der Waals surface area contributed by atoms with E-state index in [1.165, 1.54) is 21.3 Å².